The number of rotatable bonds is 1. The van der Waals surface area contributed by atoms with E-state index in [0.717, 1.165) is 12.3 Å². The summed E-state index contributed by atoms with van der Waals surface area (Å²) < 4.78 is 13.0. The molecule has 0 spiro atoms. The van der Waals surface area contributed by atoms with E-state index in [1.54, 1.807) is 0 Å². The fraction of sp³-hybridized carbons (Fsp3) is 0. The fourth-order valence-corrected chi connectivity index (χ4v) is 2.44. The van der Waals surface area contributed by atoms with Crippen molar-refractivity contribution in [3.63, 3.8) is 0 Å². The standard InChI is InChI=1S/C11H5Cl3FNO/c12-5-1-7(13)11(8(14)2-5)6-3-10(15)16-4-9(6)17/h1-4,17H. The Balaban J connectivity index is 2.72. The van der Waals surface area contributed by atoms with E-state index in [9.17, 15) is 9.50 Å². The van der Waals surface area contributed by atoms with Crippen molar-refractivity contribution in [3.05, 3.63) is 45.4 Å². The van der Waals surface area contributed by atoms with E-state index in [0.29, 0.717) is 10.6 Å². The van der Waals surface area contributed by atoms with Gasteiger partial charge < -0.3 is 5.11 Å². The number of pyridine rings is 1. The monoisotopic (exact) mass is 291 g/mol. The highest BCUT2D eigenvalue weighted by Crippen LogP contribution is 2.40. The van der Waals surface area contributed by atoms with Crippen molar-refractivity contribution >= 4 is 34.8 Å². The fourth-order valence-electron chi connectivity index (χ4n) is 1.42. The third-order valence-electron chi connectivity index (χ3n) is 2.13. The maximum Gasteiger partial charge on any atom is 0.213 e. The Kier molecular flexibility index (Phi) is 3.43. The van der Waals surface area contributed by atoms with Gasteiger partial charge in [-0.1, -0.05) is 34.8 Å². The van der Waals surface area contributed by atoms with Crippen LogP contribution in [-0.2, 0) is 0 Å². The Hall–Kier alpha value is -1.03. The van der Waals surface area contributed by atoms with Crippen LogP contribution in [0, 0.1) is 5.95 Å². The normalized spacial score (nSPS) is 10.6. The van der Waals surface area contributed by atoms with E-state index < -0.39 is 5.95 Å². The molecule has 1 aromatic carbocycles. The summed E-state index contributed by atoms with van der Waals surface area (Å²) in [7, 11) is 0. The number of benzene rings is 1. The first kappa shape index (κ1) is 12.4. The van der Waals surface area contributed by atoms with Crippen LogP contribution < -0.4 is 0 Å². The van der Waals surface area contributed by atoms with E-state index in [4.69, 9.17) is 34.8 Å². The maximum atomic E-state index is 13.0. The summed E-state index contributed by atoms with van der Waals surface area (Å²) in [5.74, 6) is -0.947. The van der Waals surface area contributed by atoms with Gasteiger partial charge in [0.05, 0.1) is 16.2 Å². The first-order valence-corrected chi connectivity index (χ1v) is 5.62. The molecule has 2 nitrogen and oxygen atoms in total. The number of aromatic nitrogens is 1. The lowest BCUT2D eigenvalue weighted by Gasteiger charge is -2.09. The number of aromatic hydroxyl groups is 1. The smallest absolute Gasteiger partial charge is 0.213 e. The van der Waals surface area contributed by atoms with Crippen LogP contribution >= 0.6 is 34.8 Å². The number of hydrogen-bond donors (Lipinski definition) is 1. The summed E-state index contributed by atoms with van der Waals surface area (Å²) in [6, 6.07) is 3.97. The van der Waals surface area contributed by atoms with Crippen molar-refractivity contribution in [1.82, 2.24) is 4.98 Å². The highest BCUT2D eigenvalue weighted by atomic mass is 35.5. The second-order valence-electron chi connectivity index (χ2n) is 3.27. The van der Waals surface area contributed by atoms with Crippen molar-refractivity contribution in [1.29, 1.82) is 0 Å². The molecule has 1 heterocycles. The van der Waals surface area contributed by atoms with E-state index in [2.05, 4.69) is 4.98 Å². The van der Waals surface area contributed by atoms with Gasteiger partial charge in [-0.15, -0.1) is 0 Å². The molecule has 2 rings (SSSR count). The predicted octanol–water partition coefficient (Wildman–Crippen LogP) is 4.55. The lowest BCUT2D eigenvalue weighted by molar-refractivity contribution is 0.469. The lowest BCUT2D eigenvalue weighted by atomic mass is 10.1. The molecule has 0 aliphatic rings. The summed E-state index contributed by atoms with van der Waals surface area (Å²) in [6.07, 6.45) is 0.992. The van der Waals surface area contributed by atoms with Crippen molar-refractivity contribution in [2.24, 2.45) is 0 Å². The number of halogens is 4. The van der Waals surface area contributed by atoms with Crippen LogP contribution in [0.15, 0.2) is 24.4 Å². The molecule has 0 unspecified atom stereocenters. The van der Waals surface area contributed by atoms with Crippen LogP contribution in [0.25, 0.3) is 11.1 Å². The number of hydrogen-bond acceptors (Lipinski definition) is 2. The molecule has 0 aliphatic carbocycles. The average Bonchev–Trinajstić information content (AvgIpc) is 2.21. The van der Waals surface area contributed by atoms with Crippen molar-refractivity contribution in [2.45, 2.75) is 0 Å². The van der Waals surface area contributed by atoms with E-state index >= 15 is 0 Å². The molecule has 0 fully saturated rings. The molecular weight excluding hydrogens is 287 g/mol. The van der Waals surface area contributed by atoms with E-state index in [1.807, 2.05) is 0 Å². The molecule has 1 aromatic heterocycles. The molecule has 88 valence electrons. The van der Waals surface area contributed by atoms with Crippen LogP contribution in [-0.4, -0.2) is 10.1 Å². The molecule has 0 atom stereocenters. The minimum atomic E-state index is -0.736. The summed E-state index contributed by atoms with van der Waals surface area (Å²) in [4.78, 5) is 3.31. The van der Waals surface area contributed by atoms with E-state index in [-0.39, 0.29) is 21.4 Å². The van der Waals surface area contributed by atoms with Gasteiger partial charge in [0.2, 0.25) is 5.95 Å². The van der Waals surface area contributed by atoms with Gasteiger partial charge in [0.1, 0.15) is 5.75 Å². The molecule has 0 bridgehead atoms. The van der Waals surface area contributed by atoms with Gasteiger partial charge in [-0.2, -0.15) is 4.39 Å². The third-order valence-corrected chi connectivity index (χ3v) is 2.94. The first-order valence-electron chi connectivity index (χ1n) is 4.48. The quantitative estimate of drug-likeness (QED) is 0.782. The topological polar surface area (TPSA) is 33.1 Å². The highest BCUT2D eigenvalue weighted by molar-refractivity contribution is 6.41. The van der Waals surface area contributed by atoms with Gasteiger partial charge in [-0.05, 0) is 12.1 Å². The Labute approximate surface area is 112 Å². The third kappa shape index (κ3) is 2.46. The van der Waals surface area contributed by atoms with Crippen molar-refractivity contribution < 1.29 is 9.50 Å². The van der Waals surface area contributed by atoms with Crippen LogP contribution in [0.3, 0.4) is 0 Å². The summed E-state index contributed by atoms with van der Waals surface area (Å²) in [5, 5.41) is 10.4. The lowest BCUT2D eigenvalue weighted by Crippen LogP contribution is -1.88. The minimum absolute atomic E-state index is 0.171. The molecule has 0 saturated heterocycles. The Morgan fingerprint density at radius 1 is 1.06 bits per heavy atom. The van der Waals surface area contributed by atoms with Crippen molar-refractivity contribution in [3.8, 4) is 16.9 Å². The Bertz CT molecular complexity index is 566. The van der Waals surface area contributed by atoms with Crippen LogP contribution in [0.2, 0.25) is 15.1 Å². The van der Waals surface area contributed by atoms with Crippen LogP contribution in [0.1, 0.15) is 0 Å². The second kappa shape index (κ2) is 4.69. The second-order valence-corrected chi connectivity index (χ2v) is 4.52. The zero-order chi connectivity index (χ0) is 12.6. The molecule has 17 heavy (non-hydrogen) atoms. The summed E-state index contributed by atoms with van der Waals surface area (Å²) in [5.41, 5.74) is 0.487. The molecule has 6 heteroatoms. The van der Waals surface area contributed by atoms with Gasteiger partial charge in [0.25, 0.3) is 0 Å². The average molecular weight is 293 g/mol. The van der Waals surface area contributed by atoms with Gasteiger partial charge in [0, 0.05) is 22.2 Å². The molecule has 0 saturated carbocycles. The highest BCUT2D eigenvalue weighted by Gasteiger charge is 2.15. The van der Waals surface area contributed by atoms with Crippen LogP contribution in [0.4, 0.5) is 4.39 Å². The van der Waals surface area contributed by atoms with Crippen LogP contribution in [0.5, 0.6) is 5.75 Å². The SMILES string of the molecule is Oc1cnc(F)cc1-c1c(Cl)cc(Cl)cc1Cl. The van der Waals surface area contributed by atoms with Gasteiger partial charge in [-0.25, -0.2) is 4.98 Å². The molecule has 1 N–H and O–H groups in total. The molecule has 0 radical (unpaired) electrons. The molecule has 0 amide bonds. The van der Waals surface area contributed by atoms with Gasteiger partial charge >= 0.3 is 0 Å². The molecular formula is C11H5Cl3FNO. The largest absolute Gasteiger partial charge is 0.506 e. The van der Waals surface area contributed by atoms with E-state index in [1.165, 1.54) is 12.1 Å². The molecule has 0 aliphatic heterocycles. The van der Waals surface area contributed by atoms with Gasteiger partial charge in [-0.3, -0.25) is 0 Å². The maximum absolute atomic E-state index is 13.0. The van der Waals surface area contributed by atoms with Gasteiger partial charge in [0.15, 0.2) is 0 Å². The molecule has 2 aromatic rings. The Morgan fingerprint density at radius 3 is 2.24 bits per heavy atom. The number of nitrogens with zero attached hydrogens (tertiary/aromatic N) is 1. The zero-order valence-corrected chi connectivity index (χ0v) is 10.5. The predicted molar refractivity (Wildman–Crippen MR) is 66.3 cm³/mol. The Morgan fingerprint density at radius 2 is 1.65 bits per heavy atom. The summed E-state index contributed by atoms with van der Waals surface area (Å²) >= 11 is 17.7. The van der Waals surface area contributed by atoms with Crippen molar-refractivity contribution in [2.75, 3.05) is 0 Å². The first-order chi connectivity index (χ1) is 7.99. The zero-order valence-electron chi connectivity index (χ0n) is 8.22. The minimum Gasteiger partial charge on any atom is -0.506 e. The summed E-state index contributed by atoms with van der Waals surface area (Å²) in [6.45, 7) is 0.